The van der Waals surface area contributed by atoms with Crippen molar-refractivity contribution in [2.24, 2.45) is 4.99 Å². The van der Waals surface area contributed by atoms with Crippen molar-refractivity contribution < 1.29 is 37.5 Å². The number of aliphatic imine (C=N–C) groups is 1. The van der Waals surface area contributed by atoms with E-state index in [4.69, 9.17) is 0 Å². The van der Waals surface area contributed by atoms with Gasteiger partial charge in [-0.25, -0.2) is 0 Å². The van der Waals surface area contributed by atoms with Gasteiger partial charge in [0.2, 0.25) is 0 Å². The Hall–Kier alpha value is 0.0439. The van der Waals surface area contributed by atoms with Gasteiger partial charge in [-0.05, 0) is 6.54 Å². The maximum atomic E-state index is 9.90. The van der Waals surface area contributed by atoms with Gasteiger partial charge in [0.15, 0.2) is 0 Å². The predicted molar refractivity (Wildman–Crippen MR) is 44.5 cm³/mol. The summed E-state index contributed by atoms with van der Waals surface area (Å²) in [7, 11) is 4.62. The van der Waals surface area contributed by atoms with Crippen LogP contribution in [0.25, 0.3) is 0 Å². The number of carbonyl (C=O) groups is 1. The summed E-state index contributed by atoms with van der Waals surface area (Å²) in [5.41, 5.74) is 0. The zero-order valence-electron chi connectivity index (χ0n) is 7.26. The summed E-state index contributed by atoms with van der Waals surface area (Å²) in [6.07, 6.45) is 5.15. The fraction of sp³-hybridized carbons (Fsp3) is 0.571. The summed E-state index contributed by atoms with van der Waals surface area (Å²) in [6.45, 7) is 1.01. The molecule has 0 bridgehead atoms. The number of urea groups is 1. The Bertz CT molecular complexity index is 127. The zero-order valence-corrected chi connectivity index (χ0v) is 10.1. The second-order valence-corrected chi connectivity index (χ2v) is 1.90. The molecule has 12 heavy (non-hydrogen) atoms. The van der Waals surface area contributed by atoms with Crippen LogP contribution < -0.4 is 10.6 Å². The number of nitrogens with one attached hydrogen (secondary N) is 2. The molecule has 0 fully saturated rings. The van der Waals surface area contributed by atoms with Crippen LogP contribution in [0, 0.1) is 7.05 Å². The third kappa shape index (κ3) is 10.0. The molecule has 0 saturated heterocycles. The molecule has 0 unspecified atom stereocenters. The summed E-state index contributed by atoms with van der Waals surface area (Å²) in [5.74, 6) is 0. The first-order valence-electron chi connectivity index (χ1n) is 3.45. The monoisotopic (exact) mass is 244 g/mol. The van der Waals surface area contributed by atoms with Crippen molar-refractivity contribution in [1.29, 1.82) is 0 Å². The van der Waals surface area contributed by atoms with Crippen molar-refractivity contribution in [3.8, 4) is 0 Å². The number of carbonyl (C=O) groups excluding carboxylic acids is 1. The van der Waals surface area contributed by atoms with Gasteiger partial charge < -0.3 is 21.8 Å². The van der Waals surface area contributed by atoms with Gasteiger partial charge in [-0.15, -0.1) is 0 Å². The van der Waals surface area contributed by atoms with Crippen LogP contribution in [0.3, 0.4) is 0 Å². The van der Waals surface area contributed by atoms with Crippen LogP contribution in [0.15, 0.2) is 4.99 Å². The Kier molecular flexibility index (Phi) is 13.4. The molecule has 1 heterocycles. The Balaban J connectivity index is 0. The molecule has 5 heteroatoms. The predicted octanol–water partition coefficient (Wildman–Crippen LogP) is 0.432. The minimum absolute atomic E-state index is 0. The molecule has 2 N–H and O–H groups in total. The minimum Gasteiger partial charge on any atom is -0.503 e. The van der Waals surface area contributed by atoms with E-state index in [1.54, 1.807) is 0 Å². The average molecular weight is 244 g/mol. The second kappa shape index (κ2) is 11.0. The van der Waals surface area contributed by atoms with E-state index in [2.05, 4.69) is 28.9 Å². The molecule has 0 aliphatic carbocycles. The van der Waals surface area contributed by atoms with Gasteiger partial charge in [0.05, 0.1) is 0 Å². The quantitative estimate of drug-likeness (QED) is 0.596. The van der Waals surface area contributed by atoms with Gasteiger partial charge in [0, 0.05) is 39.8 Å². The van der Waals surface area contributed by atoms with E-state index in [1.165, 1.54) is 13.5 Å². The fourth-order valence-corrected chi connectivity index (χ4v) is 0.484. The molecule has 0 aromatic carbocycles. The maximum Gasteiger partial charge on any atom is 0.284 e. The van der Waals surface area contributed by atoms with Crippen LogP contribution in [0.2, 0.25) is 0 Å². The summed E-state index contributed by atoms with van der Waals surface area (Å²) in [4.78, 5) is 13.7. The molecule has 2 amide bonds. The first-order chi connectivity index (χ1) is 5.31. The molecular formula is C7H13N3OY-2. The van der Waals surface area contributed by atoms with Crippen LogP contribution >= 0.6 is 0 Å². The minimum atomic E-state index is -0.269. The average Bonchev–Trinajstić information content (AvgIpc) is 2.60. The standard InChI is InChI=1S/C4H6N.C3H7N2O.Y/c1-2-4-5-3-1;1-4-3(6)5-2;/h1-3H2;1H2,2H3,(H2,4,5,6);/q2*-1;. The molecule has 0 saturated carbocycles. The number of hydrogen-bond donors (Lipinski definition) is 2. The molecule has 0 spiro atoms. The van der Waals surface area contributed by atoms with Gasteiger partial charge in [0.1, 0.15) is 0 Å². The first kappa shape index (κ1) is 14.6. The fourth-order valence-electron chi connectivity index (χ4n) is 0.484. The summed E-state index contributed by atoms with van der Waals surface area (Å²) >= 11 is 0. The zero-order chi connectivity index (χ0) is 8.53. The molecule has 1 aliphatic heterocycles. The van der Waals surface area contributed by atoms with Crippen molar-refractivity contribution in [3.05, 3.63) is 7.05 Å². The maximum absolute atomic E-state index is 9.90. The molecule has 67 valence electrons. The van der Waals surface area contributed by atoms with Gasteiger partial charge in [0.25, 0.3) is 6.03 Å². The Morgan fingerprint density at radius 2 is 2.33 bits per heavy atom. The third-order valence-electron chi connectivity index (χ3n) is 1.06. The van der Waals surface area contributed by atoms with Gasteiger partial charge in [-0.2, -0.15) is 6.42 Å². The Morgan fingerprint density at radius 1 is 1.67 bits per heavy atom. The van der Waals surface area contributed by atoms with Gasteiger partial charge in [-0.3, -0.25) is 11.8 Å². The summed E-state index contributed by atoms with van der Waals surface area (Å²) in [5, 5.41) is 4.42. The van der Waals surface area contributed by atoms with Crippen LogP contribution in [-0.2, 0) is 32.7 Å². The van der Waals surface area contributed by atoms with E-state index >= 15 is 0 Å². The van der Waals surface area contributed by atoms with Crippen molar-refractivity contribution >= 4 is 12.2 Å². The smallest absolute Gasteiger partial charge is 0.284 e. The first-order valence-corrected chi connectivity index (χ1v) is 3.45. The molecule has 0 aromatic heterocycles. The number of rotatable bonds is 0. The SMILES string of the molecule is [C-]1=NCCC1.[CH2-]NC(=O)NC.[Y]. The molecule has 1 rings (SSSR count). The van der Waals surface area contributed by atoms with Gasteiger partial charge in [-0.1, -0.05) is 6.42 Å². The second-order valence-electron chi connectivity index (χ2n) is 1.90. The van der Waals surface area contributed by atoms with Crippen molar-refractivity contribution in [2.45, 2.75) is 12.8 Å². The van der Waals surface area contributed by atoms with Crippen molar-refractivity contribution in [2.75, 3.05) is 13.6 Å². The largest absolute Gasteiger partial charge is 0.503 e. The number of hydrogen-bond acceptors (Lipinski definition) is 2. The van der Waals surface area contributed by atoms with E-state index in [0.29, 0.717) is 0 Å². The third-order valence-corrected chi connectivity index (χ3v) is 1.06. The van der Waals surface area contributed by atoms with E-state index in [-0.39, 0.29) is 38.7 Å². The molecule has 1 radical (unpaired) electrons. The number of amides is 2. The topological polar surface area (TPSA) is 53.5 Å². The van der Waals surface area contributed by atoms with Crippen molar-refractivity contribution in [1.82, 2.24) is 10.6 Å². The van der Waals surface area contributed by atoms with Crippen LogP contribution in [-0.4, -0.2) is 25.8 Å². The Morgan fingerprint density at radius 3 is 2.42 bits per heavy atom. The van der Waals surface area contributed by atoms with E-state index in [0.717, 1.165) is 13.0 Å². The van der Waals surface area contributed by atoms with Crippen molar-refractivity contribution in [3.63, 3.8) is 0 Å². The Labute approximate surface area is 98.5 Å². The van der Waals surface area contributed by atoms with Crippen LogP contribution in [0.4, 0.5) is 4.79 Å². The number of nitrogens with zero attached hydrogens (tertiary/aromatic N) is 1. The molecule has 1 aliphatic rings. The summed E-state index contributed by atoms with van der Waals surface area (Å²) < 4.78 is 0. The molecule has 0 atom stereocenters. The van der Waals surface area contributed by atoms with E-state index in [9.17, 15) is 4.79 Å². The molecular weight excluding hydrogens is 231 g/mol. The summed E-state index contributed by atoms with van der Waals surface area (Å²) in [6, 6.07) is -0.269. The van der Waals surface area contributed by atoms with E-state index < -0.39 is 0 Å². The van der Waals surface area contributed by atoms with Gasteiger partial charge >= 0.3 is 0 Å². The van der Waals surface area contributed by atoms with E-state index in [1.807, 2.05) is 0 Å². The normalized spacial score (nSPS) is 12.2. The molecule has 4 nitrogen and oxygen atoms in total. The molecule has 0 aromatic rings. The van der Waals surface area contributed by atoms with Crippen LogP contribution in [0.1, 0.15) is 12.8 Å². The van der Waals surface area contributed by atoms with Crippen LogP contribution in [0.5, 0.6) is 0 Å².